The van der Waals surface area contributed by atoms with Crippen molar-refractivity contribution in [2.24, 2.45) is 10.9 Å². The molecule has 2 rings (SSSR count). The van der Waals surface area contributed by atoms with Gasteiger partial charge in [0.05, 0.1) is 0 Å². The molecule has 0 aromatic rings. The zero-order chi connectivity index (χ0) is 17.9. The lowest BCUT2D eigenvalue weighted by atomic mass is 9.88. The third kappa shape index (κ3) is 7.08. The van der Waals surface area contributed by atoms with Gasteiger partial charge in [0.1, 0.15) is 0 Å². The van der Waals surface area contributed by atoms with Gasteiger partial charge in [-0.15, -0.1) is 0 Å². The summed E-state index contributed by atoms with van der Waals surface area (Å²) in [6.45, 7) is 5.55. The van der Waals surface area contributed by atoms with Gasteiger partial charge in [-0.05, 0) is 51.0 Å². The summed E-state index contributed by atoms with van der Waals surface area (Å²) in [7, 11) is 0. The van der Waals surface area contributed by atoms with Crippen LogP contribution < -0.4 is 10.6 Å². The number of nitrogens with zero attached hydrogens (tertiary/aromatic N) is 2. The Morgan fingerprint density at radius 3 is 2.72 bits per heavy atom. The first-order chi connectivity index (χ1) is 12.2. The number of nitrogens with one attached hydrogen (secondary N) is 2. The SMILES string of the molecule is CCNC(=NCCCCSC)NC1CCN(C(=O)C2CCCCC2)C1. The second-order valence-electron chi connectivity index (χ2n) is 7.21. The fourth-order valence-electron chi connectivity index (χ4n) is 3.75. The molecule has 1 saturated heterocycles. The highest BCUT2D eigenvalue weighted by molar-refractivity contribution is 7.98. The van der Waals surface area contributed by atoms with Gasteiger partial charge in [-0.1, -0.05) is 19.3 Å². The summed E-state index contributed by atoms with van der Waals surface area (Å²) >= 11 is 1.89. The maximum absolute atomic E-state index is 12.7. The van der Waals surface area contributed by atoms with Gasteiger partial charge in [0.2, 0.25) is 5.91 Å². The van der Waals surface area contributed by atoms with Gasteiger partial charge in [0, 0.05) is 38.1 Å². The van der Waals surface area contributed by atoms with Crippen molar-refractivity contribution in [3.8, 4) is 0 Å². The maximum Gasteiger partial charge on any atom is 0.225 e. The number of amides is 1. The predicted molar refractivity (Wildman–Crippen MR) is 108 cm³/mol. The quantitative estimate of drug-likeness (QED) is 0.393. The molecule has 2 aliphatic rings. The van der Waals surface area contributed by atoms with Crippen molar-refractivity contribution in [3.63, 3.8) is 0 Å². The highest BCUT2D eigenvalue weighted by Crippen LogP contribution is 2.26. The molecule has 1 unspecified atom stereocenters. The van der Waals surface area contributed by atoms with Gasteiger partial charge in [0.25, 0.3) is 0 Å². The standard InChI is InChI=1S/C19H36N4OS/c1-3-20-19(21-12-7-8-14-25-2)22-17-11-13-23(15-17)18(24)16-9-5-4-6-10-16/h16-17H,3-15H2,1-2H3,(H2,20,21,22). The van der Waals surface area contributed by atoms with E-state index in [9.17, 15) is 4.79 Å². The Bertz CT molecular complexity index is 424. The largest absolute Gasteiger partial charge is 0.357 e. The van der Waals surface area contributed by atoms with Gasteiger partial charge in [-0.25, -0.2) is 0 Å². The summed E-state index contributed by atoms with van der Waals surface area (Å²) in [5.41, 5.74) is 0. The second-order valence-corrected chi connectivity index (χ2v) is 8.20. The van der Waals surface area contributed by atoms with Crippen molar-refractivity contribution >= 4 is 23.6 Å². The number of thioether (sulfide) groups is 1. The molecule has 1 aliphatic heterocycles. The van der Waals surface area contributed by atoms with Gasteiger partial charge in [0.15, 0.2) is 5.96 Å². The normalized spacial score (nSPS) is 22.2. The molecule has 25 heavy (non-hydrogen) atoms. The summed E-state index contributed by atoms with van der Waals surface area (Å²) in [6.07, 6.45) is 11.4. The zero-order valence-electron chi connectivity index (χ0n) is 16.1. The first kappa shape index (κ1) is 20.4. The molecule has 1 heterocycles. The lowest BCUT2D eigenvalue weighted by molar-refractivity contribution is -0.135. The topological polar surface area (TPSA) is 56.7 Å². The molecule has 0 aromatic heterocycles. The molecule has 2 N–H and O–H groups in total. The number of carbonyl (C=O) groups is 1. The summed E-state index contributed by atoms with van der Waals surface area (Å²) in [4.78, 5) is 19.4. The highest BCUT2D eigenvalue weighted by Gasteiger charge is 2.31. The van der Waals surface area contributed by atoms with E-state index in [1.54, 1.807) is 0 Å². The van der Waals surface area contributed by atoms with Crippen LogP contribution in [0, 0.1) is 5.92 Å². The van der Waals surface area contributed by atoms with Gasteiger partial charge in [-0.3, -0.25) is 9.79 Å². The van der Waals surface area contributed by atoms with Crippen LogP contribution in [0.5, 0.6) is 0 Å². The van der Waals surface area contributed by atoms with Crippen LogP contribution in [0.1, 0.15) is 58.3 Å². The summed E-state index contributed by atoms with van der Waals surface area (Å²) in [5, 5.41) is 6.87. The first-order valence-corrected chi connectivity index (χ1v) is 11.5. The predicted octanol–water partition coefficient (Wildman–Crippen LogP) is 2.87. The number of aliphatic imine (C=N–C) groups is 1. The van der Waals surface area contributed by atoms with E-state index < -0.39 is 0 Å². The van der Waals surface area contributed by atoms with E-state index in [1.807, 2.05) is 11.8 Å². The van der Waals surface area contributed by atoms with Crippen LogP contribution in [0.4, 0.5) is 0 Å². The number of carbonyl (C=O) groups excluding carboxylic acids is 1. The highest BCUT2D eigenvalue weighted by atomic mass is 32.2. The molecule has 0 aromatic carbocycles. The smallest absolute Gasteiger partial charge is 0.225 e. The maximum atomic E-state index is 12.7. The molecule has 6 heteroatoms. The molecular formula is C19H36N4OS. The molecule has 1 aliphatic carbocycles. The van der Waals surface area contributed by atoms with Crippen LogP contribution >= 0.6 is 11.8 Å². The molecule has 2 fully saturated rings. The Kier molecular flexibility index (Phi) is 9.51. The van der Waals surface area contributed by atoms with Crippen molar-refractivity contribution < 1.29 is 4.79 Å². The van der Waals surface area contributed by atoms with Gasteiger partial charge >= 0.3 is 0 Å². The van der Waals surface area contributed by atoms with Crippen LogP contribution in [-0.2, 0) is 4.79 Å². The molecular weight excluding hydrogens is 332 g/mol. The van der Waals surface area contributed by atoms with Crippen LogP contribution in [0.15, 0.2) is 4.99 Å². The number of unbranched alkanes of at least 4 members (excludes halogenated alkanes) is 1. The van der Waals surface area contributed by atoms with E-state index in [4.69, 9.17) is 4.99 Å². The minimum Gasteiger partial charge on any atom is -0.357 e. The third-order valence-electron chi connectivity index (χ3n) is 5.17. The van der Waals surface area contributed by atoms with Crippen LogP contribution in [0.2, 0.25) is 0 Å². The average molecular weight is 369 g/mol. The number of rotatable bonds is 8. The number of hydrogen-bond acceptors (Lipinski definition) is 3. The summed E-state index contributed by atoms with van der Waals surface area (Å²) in [5.74, 6) is 2.79. The lowest BCUT2D eigenvalue weighted by Crippen LogP contribution is -2.45. The Hall–Kier alpha value is -0.910. The van der Waals surface area contributed by atoms with Gasteiger partial charge in [-0.2, -0.15) is 11.8 Å². The van der Waals surface area contributed by atoms with E-state index in [2.05, 4.69) is 28.7 Å². The van der Waals surface area contributed by atoms with Crippen LogP contribution in [0.3, 0.4) is 0 Å². The van der Waals surface area contributed by atoms with Crippen molar-refractivity contribution in [3.05, 3.63) is 0 Å². The first-order valence-electron chi connectivity index (χ1n) is 10.1. The molecule has 144 valence electrons. The third-order valence-corrected chi connectivity index (χ3v) is 5.86. The minimum atomic E-state index is 0.283. The average Bonchev–Trinajstić information content (AvgIpc) is 3.10. The van der Waals surface area contributed by atoms with Crippen molar-refractivity contribution in [2.75, 3.05) is 38.2 Å². The van der Waals surface area contributed by atoms with Crippen LogP contribution in [-0.4, -0.2) is 61.0 Å². The van der Waals surface area contributed by atoms with E-state index in [-0.39, 0.29) is 5.92 Å². The fourth-order valence-corrected chi connectivity index (χ4v) is 4.24. The van der Waals surface area contributed by atoms with E-state index in [0.717, 1.165) is 57.8 Å². The summed E-state index contributed by atoms with van der Waals surface area (Å²) < 4.78 is 0. The second kappa shape index (κ2) is 11.7. The minimum absolute atomic E-state index is 0.283. The molecule has 1 amide bonds. The van der Waals surface area contributed by atoms with Crippen molar-refractivity contribution in [2.45, 2.75) is 64.3 Å². The van der Waals surface area contributed by atoms with Gasteiger partial charge < -0.3 is 15.5 Å². The number of guanidine groups is 1. The summed E-state index contributed by atoms with van der Waals surface area (Å²) in [6, 6.07) is 0.330. The van der Waals surface area contributed by atoms with E-state index in [0.29, 0.717) is 11.9 Å². The molecule has 0 radical (unpaired) electrons. The molecule has 5 nitrogen and oxygen atoms in total. The number of hydrogen-bond donors (Lipinski definition) is 2. The molecule has 0 spiro atoms. The Balaban J connectivity index is 1.76. The zero-order valence-corrected chi connectivity index (χ0v) is 16.9. The fraction of sp³-hybridized carbons (Fsp3) is 0.895. The van der Waals surface area contributed by atoms with E-state index >= 15 is 0 Å². The molecule has 1 saturated carbocycles. The van der Waals surface area contributed by atoms with Crippen LogP contribution in [0.25, 0.3) is 0 Å². The van der Waals surface area contributed by atoms with Crippen molar-refractivity contribution in [1.82, 2.24) is 15.5 Å². The van der Waals surface area contributed by atoms with Crippen molar-refractivity contribution in [1.29, 1.82) is 0 Å². The number of likely N-dealkylation sites (tertiary alicyclic amines) is 1. The lowest BCUT2D eigenvalue weighted by Gasteiger charge is -2.26. The molecule has 0 bridgehead atoms. The Morgan fingerprint density at radius 1 is 1.20 bits per heavy atom. The Morgan fingerprint density at radius 2 is 2.00 bits per heavy atom. The van der Waals surface area contributed by atoms with E-state index in [1.165, 1.54) is 31.4 Å². The monoisotopic (exact) mass is 368 g/mol. The Labute approximate surface area is 157 Å². The molecule has 1 atom stereocenters.